The molecule has 0 aliphatic carbocycles. The molecule has 0 saturated carbocycles. The normalized spacial score (nSPS) is 10.1. The molecule has 3 amide bonds. The number of nitrogens with zero attached hydrogens (tertiary/aromatic N) is 1. The van der Waals surface area contributed by atoms with E-state index in [-0.39, 0.29) is 18.0 Å². The Labute approximate surface area is 107 Å². The van der Waals surface area contributed by atoms with Crippen molar-refractivity contribution in [2.75, 3.05) is 19.4 Å². The first-order chi connectivity index (χ1) is 8.40. The molecule has 5 nitrogen and oxygen atoms in total. The molecule has 2 N–H and O–H groups in total. The second-order valence-corrected chi connectivity index (χ2v) is 4.53. The fourth-order valence-corrected chi connectivity index (χ4v) is 1.42. The van der Waals surface area contributed by atoms with Gasteiger partial charge in [0.25, 0.3) is 5.91 Å². The second kappa shape index (κ2) is 6.05. The first kappa shape index (κ1) is 14.0. The maximum absolute atomic E-state index is 11.8. The van der Waals surface area contributed by atoms with Crippen LogP contribution in [0.15, 0.2) is 24.3 Å². The van der Waals surface area contributed by atoms with Crippen molar-refractivity contribution >= 4 is 17.6 Å². The Kier molecular flexibility index (Phi) is 4.71. The fraction of sp³-hybridized carbons (Fsp3) is 0.385. The van der Waals surface area contributed by atoms with Crippen LogP contribution < -0.4 is 10.6 Å². The molecular formula is C13H19N3O2. The van der Waals surface area contributed by atoms with Gasteiger partial charge >= 0.3 is 6.03 Å². The van der Waals surface area contributed by atoms with Gasteiger partial charge in [0.2, 0.25) is 0 Å². The molecule has 1 aromatic rings. The summed E-state index contributed by atoms with van der Waals surface area (Å²) < 4.78 is 0. The van der Waals surface area contributed by atoms with Gasteiger partial charge in [-0.1, -0.05) is 6.07 Å². The van der Waals surface area contributed by atoms with E-state index in [4.69, 9.17) is 0 Å². The number of amides is 3. The van der Waals surface area contributed by atoms with Crippen LogP contribution in [0.5, 0.6) is 0 Å². The van der Waals surface area contributed by atoms with Crippen molar-refractivity contribution in [1.82, 2.24) is 10.2 Å². The number of hydrogen-bond acceptors (Lipinski definition) is 2. The van der Waals surface area contributed by atoms with Crippen molar-refractivity contribution in [3.8, 4) is 0 Å². The summed E-state index contributed by atoms with van der Waals surface area (Å²) in [6, 6.07) is 6.64. The number of rotatable bonds is 3. The van der Waals surface area contributed by atoms with Crippen molar-refractivity contribution < 1.29 is 9.59 Å². The minimum atomic E-state index is -0.278. The molecule has 0 radical (unpaired) electrons. The summed E-state index contributed by atoms with van der Waals surface area (Å²) in [5.41, 5.74) is 1.14. The number of anilines is 1. The molecule has 0 aromatic heterocycles. The SMILES string of the molecule is CC(C)NC(=O)Nc1cccc(C(=O)N(C)C)c1. The van der Waals surface area contributed by atoms with Crippen molar-refractivity contribution in [2.45, 2.75) is 19.9 Å². The first-order valence-corrected chi connectivity index (χ1v) is 5.79. The quantitative estimate of drug-likeness (QED) is 0.859. The van der Waals surface area contributed by atoms with E-state index in [1.807, 2.05) is 13.8 Å². The number of carbonyl (C=O) groups excluding carboxylic acids is 2. The zero-order valence-corrected chi connectivity index (χ0v) is 11.2. The number of hydrogen-bond donors (Lipinski definition) is 2. The lowest BCUT2D eigenvalue weighted by atomic mass is 10.2. The second-order valence-electron chi connectivity index (χ2n) is 4.53. The van der Waals surface area contributed by atoms with E-state index in [9.17, 15) is 9.59 Å². The van der Waals surface area contributed by atoms with E-state index in [0.717, 1.165) is 0 Å². The topological polar surface area (TPSA) is 61.4 Å². The fourth-order valence-electron chi connectivity index (χ4n) is 1.42. The predicted molar refractivity (Wildman–Crippen MR) is 71.7 cm³/mol. The number of urea groups is 1. The summed E-state index contributed by atoms with van der Waals surface area (Å²) in [6.07, 6.45) is 0. The third-order valence-electron chi connectivity index (χ3n) is 2.19. The van der Waals surface area contributed by atoms with Gasteiger partial charge in [0.15, 0.2) is 0 Å². The van der Waals surface area contributed by atoms with E-state index >= 15 is 0 Å². The molecule has 0 aliphatic rings. The molecule has 5 heteroatoms. The Bertz CT molecular complexity index is 442. The summed E-state index contributed by atoms with van der Waals surface area (Å²) in [5.74, 6) is -0.0945. The monoisotopic (exact) mass is 249 g/mol. The average Bonchev–Trinajstić information content (AvgIpc) is 2.26. The van der Waals surface area contributed by atoms with Gasteiger partial charge in [-0.3, -0.25) is 4.79 Å². The molecule has 0 bridgehead atoms. The standard InChI is InChI=1S/C13H19N3O2/c1-9(2)14-13(18)15-11-7-5-6-10(8-11)12(17)16(3)4/h5-9H,1-4H3,(H2,14,15,18). The van der Waals surface area contributed by atoms with Gasteiger partial charge in [0.1, 0.15) is 0 Å². The molecule has 1 aromatic carbocycles. The highest BCUT2D eigenvalue weighted by Gasteiger charge is 2.09. The van der Waals surface area contributed by atoms with Crippen LogP contribution in [0.3, 0.4) is 0 Å². The summed E-state index contributed by atoms with van der Waals surface area (Å²) in [7, 11) is 3.38. The molecule has 98 valence electrons. The van der Waals surface area contributed by atoms with Gasteiger partial charge < -0.3 is 15.5 Å². The summed E-state index contributed by atoms with van der Waals surface area (Å²) >= 11 is 0. The maximum atomic E-state index is 11.8. The van der Waals surface area contributed by atoms with Crippen molar-refractivity contribution in [3.05, 3.63) is 29.8 Å². The largest absolute Gasteiger partial charge is 0.345 e. The molecule has 0 unspecified atom stereocenters. The molecule has 0 saturated heterocycles. The lowest BCUT2D eigenvalue weighted by Gasteiger charge is -2.13. The van der Waals surface area contributed by atoms with Crippen LogP contribution in [0.1, 0.15) is 24.2 Å². The van der Waals surface area contributed by atoms with Crippen molar-refractivity contribution in [2.24, 2.45) is 0 Å². The summed E-state index contributed by atoms with van der Waals surface area (Å²) in [4.78, 5) is 24.8. The number of benzene rings is 1. The number of nitrogens with one attached hydrogen (secondary N) is 2. The molecule has 0 atom stereocenters. The molecular weight excluding hydrogens is 230 g/mol. The molecule has 0 heterocycles. The highest BCUT2D eigenvalue weighted by molar-refractivity contribution is 5.96. The van der Waals surface area contributed by atoms with E-state index in [2.05, 4.69) is 10.6 Å². The van der Waals surface area contributed by atoms with Gasteiger partial charge in [0, 0.05) is 31.4 Å². The molecule has 1 rings (SSSR count). The average molecular weight is 249 g/mol. The molecule has 0 aliphatic heterocycles. The third kappa shape index (κ3) is 4.08. The van der Waals surface area contributed by atoms with Gasteiger partial charge in [-0.25, -0.2) is 4.79 Å². The highest BCUT2D eigenvalue weighted by atomic mass is 16.2. The van der Waals surface area contributed by atoms with Gasteiger partial charge in [-0.15, -0.1) is 0 Å². The van der Waals surface area contributed by atoms with Crippen LogP contribution in [0.2, 0.25) is 0 Å². The van der Waals surface area contributed by atoms with E-state index < -0.39 is 0 Å². The van der Waals surface area contributed by atoms with Crippen LogP contribution in [0, 0.1) is 0 Å². The lowest BCUT2D eigenvalue weighted by molar-refractivity contribution is 0.0827. The van der Waals surface area contributed by atoms with E-state index in [0.29, 0.717) is 11.3 Å². The van der Waals surface area contributed by atoms with Crippen LogP contribution >= 0.6 is 0 Å². The van der Waals surface area contributed by atoms with Crippen LogP contribution in [0.25, 0.3) is 0 Å². The minimum Gasteiger partial charge on any atom is -0.345 e. The van der Waals surface area contributed by atoms with E-state index in [1.165, 1.54) is 4.90 Å². The maximum Gasteiger partial charge on any atom is 0.319 e. The molecule has 0 spiro atoms. The Morgan fingerprint density at radius 3 is 2.44 bits per heavy atom. The van der Waals surface area contributed by atoms with Gasteiger partial charge in [-0.05, 0) is 32.0 Å². The van der Waals surface area contributed by atoms with Crippen LogP contribution in [-0.2, 0) is 0 Å². The van der Waals surface area contributed by atoms with Gasteiger partial charge in [0.05, 0.1) is 0 Å². The zero-order chi connectivity index (χ0) is 13.7. The lowest BCUT2D eigenvalue weighted by Crippen LogP contribution is -2.34. The summed E-state index contributed by atoms with van der Waals surface area (Å²) in [6.45, 7) is 3.76. The van der Waals surface area contributed by atoms with Crippen LogP contribution in [0.4, 0.5) is 10.5 Å². The van der Waals surface area contributed by atoms with E-state index in [1.54, 1.807) is 38.4 Å². The smallest absolute Gasteiger partial charge is 0.319 e. The van der Waals surface area contributed by atoms with Crippen molar-refractivity contribution in [3.63, 3.8) is 0 Å². The minimum absolute atomic E-state index is 0.0663. The zero-order valence-electron chi connectivity index (χ0n) is 11.2. The Morgan fingerprint density at radius 1 is 1.22 bits per heavy atom. The van der Waals surface area contributed by atoms with Gasteiger partial charge in [-0.2, -0.15) is 0 Å². The Hall–Kier alpha value is -2.04. The third-order valence-corrected chi connectivity index (χ3v) is 2.19. The Balaban J connectivity index is 2.77. The first-order valence-electron chi connectivity index (χ1n) is 5.79. The summed E-state index contributed by atoms with van der Waals surface area (Å²) in [5, 5.41) is 5.40. The highest BCUT2D eigenvalue weighted by Crippen LogP contribution is 2.11. The molecule has 18 heavy (non-hydrogen) atoms. The molecule has 0 fully saturated rings. The number of carbonyl (C=O) groups is 2. The predicted octanol–water partition coefficient (Wildman–Crippen LogP) is 1.92. The Morgan fingerprint density at radius 2 is 1.89 bits per heavy atom. The van der Waals surface area contributed by atoms with Crippen LogP contribution in [-0.4, -0.2) is 37.0 Å². The van der Waals surface area contributed by atoms with Crippen molar-refractivity contribution in [1.29, 1.82) is 0 Å².